The summed E-state index contributed by atoms with van der Waals surface area (Å²) in [6, 6.07) is 6.45. The Balaban J connectivity index is 1.61. The summed E-state index contributed by atoms with van der Waals surface area (Å²) in [4.78, 5) is 13.1. The van der Waals surface area contributed by atoms with Crippen molar-refractivity contribution in [1.82, 2.24) is 5.32 Å². The summed E-state index contributed by atoms with van der Waals surface area (Å²) in [5.74, 6) is 2.06. The molecule has 3 nitrogen and oxygen atoms in total. The minimum atomic E-state index is -0.436. The first-order valence-corrected chi connectivity index (χ1v) is 12.0. The summed E-state index contributed by atoms with van der Waals surface area (Å²) in [6.45, 7) is 0. The molecule has 0 saturated heterocycles. The molecule has 1 aromatic rings. The Bertz CT molecular complexity index is 883. The first kappa shape index (κ1) is 20.5. The largest absolute Gasteiger partial charge is 0.461 e. The Kier molecular flexibility index (Phi) is 6.31. The first-order chi connectivity index (χ1) is 14.2. The molecule has 1 aromatic carbocycles. The van der Waals surface area contributed by atoms with Gasteiger partial charge in [0.15, 0.2) is 0 Å². The van der Waals surface area contributed by atoms with Gasteiger partial charge in [0, 0.05) is 11.3 Å². The molecule has 0 aliphatic heterocycles. The zero-order chi connectivity index (χ0) is 20.3. The Morgan fingerprint density at radius 3 is 2.79 bits per heavy atom. The molecule has 1 N–H and O–H groups in total. The number of ether oxygens (including phenoxy) is 1. The first-order valence-electron chi connectivity index (χ1n) is 10.8. The Morgan fingerprint density at radius 2 is 2.00 bits per heavy atom. The zero-order valence-corrected chi connectivity index (χ0v) is 18.4. The normalized spacial score (nSPS) is 24.5. The van der Waals surface area contributed by atoms with Crippen molar-refractivity contribution in [2.24, 2.45) is 0 Å². The Hall–Kier alpha value is -1.78. The minimum Gasteiger partial charge on any atom is -0.461 e. The zero-order valence-electron chi connectivity index (χ0n) is 17.6. The Labute approximate surface area is 178 Å². The molecule has 0 fully saturated rings. The lowest BCUT2D eigenvalue weighted by Gasteiger charge is -2.33. The lowest BCUT2D eigenvalue weighted by Crippen LogP contribution is -2.49. The maximum absolute atomic E-state index is 11.7. The van der Waals surface area contributed by atoms with Gasteiger partial charge in [-0.25, -0.2) is 0 Å². The van der Waals surface area contributed by atoms with Crippen LogP contribution < -0.4 is 10.1 Å². The van der Waals surface area contributed by atoms with Gasteiger partial charge < -0.3 is 14.8 Å². The number of carbonyl (C=O) groups excluding carboxylic acids is 1. The smallest absolute Gasteiger partial charge is 0.140 e. The second-order valence-electron chi connectivity index (χ2n) is 8.36. The van der Waals surface area contributed by atoms with Crippen molar-refractivity contribution in [3.05, 3.63) is 63.3 Å². The molecular weight excluding hydrogens is 378 g/mol. The molecule has 0 heterocycles. The fourth-order valence-corrected chi connectivity index (χ4v) is 5.30. The van der Waals surface area contributed by atoms with Crippen LogP contribution in [0.15, 0.2) is 52.2 Å². The molecule has 0 aromatic heterocycles. The lowest BCUT2D eigenvalue weighted by atomic mass is 9.79. The van der Waals surface area contributed by atoms with Gasteiger partial charge in [0.2, 0.25) is 0 Å². The van der Waals surface area contributed by atoms with Crippen LogP contribution in [0, 0.1) is 0 Å². The summed E-state index contributed by atoms with van der Waals surface area (Å²) in [5, 5.41) is 3.24. The van der Waals surface area contributed by atoms with Gasteiger partial charge in [0.1, 0.15) is 17.8 Å². The van der Waals surface area contributed by atoms with Crippen LogP contribution in [0.3, 0.4) is 0 Å². The predicted molar refractivity (Wildman–Crippen MR) is 121 cm³/mol. The standard InChI is InChI=1S/C25H31NO2S/c1-26-25(17-27)13-12-18-10-11-21(14-20(18)16-25)28-24-9-4-3-8-23(24)19-6-5-7-22(15-19)29-2/h7,10-11,14-15,17,26H,3-6,8-9,12-13,16H2,1-2H3. The highest BCUT2D eigenvalue weighted by atomic mass is 32.2. The summed E-state index contributed by atoms with van der Waals surface area (Å²) < 4.78 is 6.50. The van der Waals surface area contributed by atoms with Gasteiger partial charge in [0.25, 0.3) is 0 Å². The molecular formula is C25H31NO2S. The van der Waals surface area contributed by atoms with Crippen molar-refractivity contribution in [3.63, 3.8) is 0 Å². The van der Waals surface area contributed by atoms with Gasteiger partial charge in [-0.1, -0.05) is 12.1 Å². The molecule has 3 aliphatic carbocycles. The van der Waals surface area contributed by atoms with Crippen LogP contribution in [-0.4, -0.2) is 25.1 Å². The van der Waals surface area contributed by atoms with Crippen LogP contribution in [0.4, 0.5) is 0 Å². The van der Waals surface area contributed by atoms with Gasteiger partial charge in [-0.3, -0.25) is 0 Å². The number of carbonyl (C=O) groups is 1. The topological polar surface area (TPSA) is 38.3 Å². The van der Waals surface area contributed by atoms with Crippen LogP contribution in [0.2, 0.25) is 0 Å². The monoisotopic (exact) mass is 409 g/mol. The third kappa shape index (κ3) is 4.39. The van der Waals surface area contributed by atoms with Crippen molar-refractivity contribution in [1.29, 1.82) is 0 Å². The number of hydrogen-bond acceptors (Lipinski definition) is 4. The summed E-state index contributed by atoms with van der Waals surface area (Å²) in [5.41, 5.74) is 5.02. The molecule has 1 unspecified atom stereocenters. The van der Waals surface area contributed by atoms with E-state index >= 15 is 0 Å². The van der Waals surface area contributed by atoms with Crippen molar-refractivity contribution in [2.75, 3.05) is 13.3 Å². The third-order valence-electron chi connectivity index (χ3n) is 6.60. The van der Waals surface area contributed by atoms with E-state index in [2.05, 4.69) is 41.9 Å². The molecule has 1 atom stereocenters. The van der Waals surface area contributed by atoms with Crippen molar-refractivity contribution in [2.45, 2.75) is 63.3 Å². The van der Waals surface area contributed by atoms with Gasteiger partial charge in [-0.2, -0.15) is 0 Å². The van der Waals surface area contributed by atoms with Crippen LogP contribution in [0.5, 0.6) is 5.75 Å². The summed E-state index contributed by atoms with van der Waals surface area (Å²) >= 11 is 1.83. The van der Waals surface area contributed by atoms with E-state index in [0.717, 1.165) is 62.7 Å². The van der Waals surface area contributed by atoms with Crippen molar-refractivity contribution >= 4 is 18.0 Å². The molecule has 3 aliphatic rings. The van der Waals surface area contributed by atoms with Gasteiger partial charge in [-0.15, -0.1) is 11.8 Å². The highest BCUT2D eigenvalue weighted by Crippen LogP contribution is 2.38. The van der Waals surface area contributed by atoms with Crippen molar-refractivity contribution < 1.29 is 9.53 Å². The van der Waals surface area contributed by atoms with E-state index < -0.39 is 5.54 Å². The van der Waals surface area contributed by atoms with Gasteiger partial charge in [0.05, 0.1) is 5.54 Å². The van der Waals surface area contributed by atoms with E-state index in [4.69, 9.17) is 4.74 Å². The molecule has 0 saturated carbocycles. The molecule has 0 bridgehead atoms. The second kappa shape index (κ2) is 8.93. The fourth-order valence-electron chi connectivity index (χ4n) is 4.76. The predicted octanol–water partition coefficient (Wildman–Crippen LogP) is 5.51. The van der Waals surface area contributed by atoms with Crippen LogP contribution in [-0.2, 0) is 17.6 Å². The number of likely N-dealkylation sites (N-methyl/N-ethyl adjacent to an activating group) is 1. The number of nitrogens with one attached hydrogen (secondary N) is 1. The SMILES string of the molecule is CNC1(C=O)CCc2ccc(OC3=C(C4=CC(SC)=CCC4)CCCC3)cc2C1. The van der Waals surface area contributed by atoms with E-state index in [1.54, 1.807) is 0 Å². The van der Waals surface area contributed by atoms with Gasteiger partial charge in [-0.05, 0) is 105 Å². The minimum absolute atomic E-state index is 0.436. The average molecular weight is 410 g/mol. The molecule has 29 heavy (non-hydrogen) atoms. The van der Waals surface area contributed by atoms with Crippen LogP contribution in [0.25, 0.3) is 0 Å². The van der Waals surface area contributed by atoms with E-state index in [-0.39, 0.29) is 0 Å². The van der Waals surface area contributed by atoms with E-state index in [1.807, 2.05) is 18.8 Å². The molecule has 0 amide bonds. The maximum atomic E-state index is 11.7. The second-order valence-corrected chi connectivity index (χ2v) is 9.24. The number of benzene rings is 1. The maximum Gasteiger partial charge on any atom is 0.140 e. The third-order valence-corrected chi connectivity index (χ3v) is 7.36. The summed E-state index contributed by atoms with van der Waals surface area (Å²) in [6.07, 6.45) is 17.2. The lowest BCUT2D eigenvalue weighted by molar-refractivity contribution is -0.113. The molecule has 0 spiro atoms. The molecule has 0 radical (unpaired) electrons. The number of fused-ring (bicyclic) bond motifs is 1. The van der Waals surface area contributed by atoms with Gasteiger partial charge >= 0.3 is 0 Å². The van der Waals surface area contributed by atoms with Crippen molar-refractivity contribution in [3.8, 4) is 5.75 Å². The average Bonchev–Trinajstić information content (AvgIpc) is 2.79. The van der Waals surface area contributed by atoms with E-state index in [9.17, 15) is 4.79 Å². The van der Waals surface area contributed by atoms with Crippen LogP contribution >= 0.6 is 11.8 Å². The number of allylic oxidation sites excluding steroid dienone is 5. The van der Waals surface area contributed by atoms with E-state index in [0.29, 0.717) is 0 Å². The molecule has 154 valence electrons. The number of aldehydes is 1. The fraction of sp³-hybridized carbons (Fsp3) is 0.480. The Morgan fingerprint density at radius 1 is 1.14 bits per heavy atom. The number of aryl methyl sites for hydroxylation is 1. The number of thioether (sulfide) groups is 1. The highest BCUT2D eigenvalue weighted by Gasteiger charge is 2.32. The molecule has 4 heteroatoms. The molecule has 4 rings (SSSR count). The highest BCUT2D eigenvalue weighted by molar-refractivity contribution is 8.02. The number of rotatable bonds is 6. The summed E-state index contributed by atoms with van der Waals surface area (Å²) in [7, 11) is 1.88. The number of hydrogen-bond donors (Lipinski definition) is 1. The van der Waals surface area contributed by atoms with Crippen LogP contribution in [0.1, 0.15) is 56.1 Å². The quantitative estimate of drug-likeness (QED) is 0.629. The van der Waals surface area contributed by atoms with E-state index in [1.165, 1.54) is 40.0 Å².